The van der Waals surface area contributed by atoms with Crippen LogP contribution in [0.25, 0.3) is 0 Å². The largest absolute Gasteiger partial charge is 0.299 e. The fourth-order valence-corrected chi connectivity index (χ4v) is 2.90. The second-order valence-electron chi connectivity index (χ2n) is 3.67. The van der Waals surface area contributed by atoms with Crippen LogP contribution in [0.4, 0.5) is 0 Å². The Morgan fingerprint density at radius 2 is 2.25 bits per heavy atom. The van der Waals surface area contributed by atoms with E-state index in [4.69, 9.17) is 5.26 Å². The predicted molar refractivity (Wildman–Crippen MR) is 51.0 cm³/mol. The molecule has 0 radical (unpaired) electrons. The van der Waals surface area contributed by atoms with Crippen molar-refractivity contribution < 1.29 is 0 Å². The van der Waals surface area contributed by atoms with Crippen molar-refractivity contribution in [1.82, 2.24) is 5.32 Å². The van der Waals surface area contributed by atoms with E-state index in [1.165, 1.54) is 30.8 Å². The Kier molecular flexibility index (Phi) is 2.57. The van der Waals surface area contributed by atoms with Crippen LogP contribution < -0.4 is 5.32 Å². The molecule has 1 aliphatic heterocycles. The van der Waals surface area contributed by atoms with Crippen LogP contribution in [-0.2, 0) is 0 Å². The molecule has 0 aromatic rings. The average Bonchev–Trinajstić information content (AvgIpc) is 2.74. The summed E-state index contributed by atoms with van der Waals surface area (Å²) < 4.78 is 0. The van der Waals surface area contributed by atoms with E-state index in [-0.39, 0.29) is 6.04 Å². The zero-order valence-corrected chi connectivity index (χ0v) is 7.94. The van der Waals surface area contributed by atoms with Gasteiger partial charge in [0.15, 0.2) is 0 Å². The third kappa shape index (κ3) is 1.94. The molecule has 2 rings (SSSR count). The molecule has 3 heteroatoms. The number of nitrogens with one attached hydrogen (secondary N) is 1. The lowest BCUT2D eigenvalue weighted by atomic mass is 10.0. The Morgan fingerprint density at radius 3 is 2.75 bits per heavy atom. The summed E-state index contributed by atoms with van der Waals surface area (Å²) in [6, 6.07) is 3.19. The lowest BCUT2D eigenvalue weighted by Gasteiger charge is -2.16. The maximum atomic E-state index is 8.94. The highest BCUT2D eigenvalue weighted by atomic mass is 32.2. The molecule has 12 heavy (non-hydrogen) atoms. The highest BCUT2D eigenvalue weighted by Gasteiger charge is 2.30. The minimum absolute atomic E-state index is 0.132. The van der Waals surface area contributed by atoms with Crippen LogP contribution in [0, 0.1) is 17.2 Å². The highest BCUT2D eigenvalue weighted by molar-refractivity contribution is 7.99. The molecular formula is C9H14N2S. The van der Waals surface area contributed by atoms with E-state index in [0.717, 1.165) is 0 Å². The van der Waals surface area contributed by atoms with Gasteiger partial charge in [0.2, 0.25) is 0 Å². The van der Waals surface area contributed by atoms with Gasteiger partial charge in [-0.1, -0.05) is 0 Å². The second kappa shape index (κ2) is 3.68. The van der Waals surface area contributed by atoms with E-state index in [1.807, 2.05) is 11.8 Å². The van der Waals surface area contributed by atoms with Crippen molar-refractivity contribution in [3.8, 4) is 6.07 Å². The molecular weight excluding hydrogens is 168 g/mol. The maximum Gasteiger partial charge on any atom is 0.0991 e. The summed E-state index contributed by atoms with van der Waals surface area (Å²) in [7, 11) is 0. The molecule has 66 valence electrons. The van der Waals surface area contributed by atoms with Crippen molar-refractivity contribution in [2.45, 2.75) is 31.3 Å². The highest BCUT2D eigenvalue weighted by Crippen LogP contribution is 2.28. The molecule has 1 heterocycles. The topological polar surface area (TPSA) is 35.8 Å². The smallest absolute Gasteiger partial charge is 0.0991 e. The molecule has 2 atom stereocenters. The first-order valence-corrected chi connectivity index (χ1v) is 5.79. The zero-order valence-electron chi connectivity index (χ0n) is 7.12. The summed E-state index contributed by atoms with van der Waals surface area (Å²) in [5.41, 5.74) is 0. The minimum atomic E-state index is 0.132. The van der Waals surface area contributed by atoms with Gasteiger partial charge in [0.25, 0.3) is 0 Å². The molecule has 1 saturated heterocycles. The van der Waals surface area contributed by atoms with Crippen LogP contribution in [0.15, 0.2) is 0 Å². The molecule has 0 bridgehead atoms. The molecule has 1 saturated carbocycles. The molecule has 2 fully saturated rings. The lowest BCUT2D eigenvalue weighted by molar-refractivity contribution is 0.447. The minimum Gasteiger partial charge on any atom is -0.299 e. The quantitative estimate of drug-likeness (QED) is 0.716. The van der Waals surface area contributed by atoms with Crippen molar-refractivity contribution in [1.29, 1.82) is 5.26 Å². The summed E-state index contributed by atoms with van der Waals surface area (Å²) >= 11 is 1.98. The summed E-state index contributed by atoms with van der Waals surface area (Å²) in [4.78, 5) is 0. The molecule has 2 nitrogen and oxygen atoms in total. The molecule has 0 spiro atoms. The lowest BCUT2D eigenvalue weighted by Crippen LogP contribution is -2.36. The van der Waals surface area contributed by atoms with E-state index in [2.05, 4.69) is 11.4 Å². The first-order chi connectivity index (χ1) is 5.90. The molecule has 0 amide bonds. The number of hydrogen-bond acceptors (Lipinski definition) is 3. The third-order valence-corrected chi connectivity index (χ3v) is 3.76. The Balaban J connectivity index is 1.83. The molecule has 2 aliphatic rings. The van der Waals surface area contributed by atoms with Crippen LogP contribution in [0.3, 0.4) is 0 Å². The first kappa shape index (κ1) is 8.40. The number of nitriles is 1. The molecule has 0 aromatic heterocycles. The zero-order chi connectivity index (χ0) is 8.39. The average molecular weight is 182 g/mol. The van der Waals surface area contributed by atoms with Crippen molar-refractivity contribution in [2.75, 3.05) is 11.5 Å². The number of thioether (sulfide) groups is 1. The van der Waals surface area contributed by atoms with Gasteiger partial charge in [-0.25, -0.2) is 0 Å². The SMILES string of the molecule is N#CC(NC1CC1)C1CCSC1. The van der Waals surface area contributed by atoms with Gasteiger partial charge in [0.05, 0.1) is 12.1 Å². The monoisotopic (exact) mass is 182 g/mol. The Bertz CT molecular complexity index is 189. The summed E-state index contributed by atoms with van der Waals surface area (Å²) in [6.45, 7) is 0. The number of nitrogens with zero attached hydrogens (tertiary/aromatic N) is 1. The van der Waals surface area contributed by atoms with Gasteiger partial charge in [-0.2, -0.15) is 17.0 Å². The van der Waals surface area contributed by atoms with Gasteiger partial charge in [0, 0.05) is 6.04 Å². The van der Waals surface area contributed by atoms with Gasteiger partial charge in [-0.05, 0) is 36.7 Å². The molecule has 1 aliphatic carbocycles. The normalized spacial score (nSPS) is 31.4. The maximum absolute atomic E-state index is 8.94. The van der Waals surface area contributed by atoms with Crippen LogP contribution in [0.2, 0.25) is 0 Å². The van der Waals surface area contributed by atoms with Crippen molar-refractivity contribution >= 4 is 11.8 Å². The Hall–Kier alpha value is -0.200. The van der Waals surface area contributed by atoms with Crippen molar-refractivity contribution in [3.05, 3.63) is 0 Å². The molecule has 2 unspecified atom stereocenters. The number of hydrogen-bond donors (Lipinski definition) is 1. The molecule has 1 N–H and O–H groups in total. The fourth-order valence-electron chi connectivity index (χ4n) is 1.60. The van der Waals surface area contributed by atoms with Crippen LogP contribution in [0.5, 0.6) is 0 Å². The van der Waals surface area contributed by atoms with E-state index < -0.39 is 0 Å². The van der Waals surface area contributed by atoms with E-state index in [0.29, 0.717) is 12.0 Å². The number of rotatable bonds is 3. The first-order valence-electron chi connectivity index (χ1n) is 4.63. The van der Waals surface area contributed by atoms with Gasteiger partial charge in [0.1, 0.15) is 0 Å². The van der Waals surface area contributed by atoms with E-state index in [1.54, 1.807) is 0 Å². The summed E-state index contributed by atoms with van der Waals surface area (Å²) in [6.07, 6.45) is 3.78. The van der Waals surface area contributed by atoms with Crippen LogP contribution in [0.1, 0.15) is 19.3 Å². The Labute approximate surface area is 77.7 Å². The fraction of sp³-hybridized carbons (Fsp3) is 0.889. The van der Waals surface area contributed by atoms with Gasteiger partial charge in [-0.15, -0.1) is 0 Å². The Morgan fingerprint density at radius 1 is 1.42 bits per heavy atom. The third-order valence-electron chi connectivity index (χ3n) is 2.57. The summed E-state index contributed by atoms with van der Waals surface area (Å²) in [5.74, 6) is 3.04. The molecule has 0 aromatic carbocycles. The van der Waals surface area contributed by atoms with Crippen molar-refractivity contribution in [3.63, 3.8) is 0 Å². The standard InChI is InChI=1S/C9H14N2S/c10-5-9(11-8-1-2-8)7-3-4-12-6-7/h7-9,11H,1-4,6H2. The van der Waals surface area contributed by atoms with Crippen LogP contribution in [-0.4, -0.2) is 23.6 Å². The predicted octanol–water partition coefficient (Wildman–Crippen LogP) is 1.38. The summed E-state index contributed by atoms with van der Waals surface area (Å²) in [5, 5.41) is 12.3. The second-order valence-corrected chi connectivity index (χ2v) is 4.82. The van der Waals surface area contributed by atoms with Gasteiger partial charge < -0.3 is 0 Å². The van der Waals surface area contributed by atoms with E-state index in [9.17, 15) is 0 Å². The van der Waals surface area contributed by atoms with Gasteiger partial charge >= 0.3 is 0 Å². The van der Waals surface area contributed by atoms with Gasteiger partial charge in [-0.3, -0.25) is 5.32 Å². The van der Waals surface area contributed by atoms with Crippen molar-refractivity contribution in [2.24, 2.45) is 5.92 Å². The van der Waals surface area contributed by atoms with E-state index >= 15 is 0 Å². The van der Waals surface area contributed by atoms with Crippen LogP contribution >= 0.6 is 11.8 Å².